The summed E-state index contributed by atoms with van der Waals surface area (Å²) in [6.45, 7) is 0.811. The van der Waals surface area contributed by atoms with Crippen LogP contribution in [0.15, 0.2) is 72.3 Å². The van der Waals surface area contributed by atoms with E-state index in [0.717, 1.165) is 17.3 Å². The van der Waals surface area contributed by atoms with Gasteiger partial charge in [0.05, 0.1) is 17.7 Å². The quantitative estimate of drug-likeness (QED) is 0.219. The second kappa shape index (κ2) is 10.5. The Bertz CT molecular complexity index is 1400. The molecule has 7 nitrogen and oxygen atoms in total. The fourth-order valence-corrected chi connectivity index (χ4v) is 4.31. The van der Waals surface area contributed by atoms with Gasteiger partial charge in [0.1, 0.15) is 24.2 Å². The Hall–Kier alpha value is -3.04. The number of rotatable bonds is 6. The van der Waals surface area contributed by atoms with Crippen LogP contribution in [0.2, 0.25) is 0 Å². The van der Waals surface area contributed by atoms with E-state index >= 15 is 0 Å². The average Bonchev–Trinajstić information content (AvgIpc) is 3.31. The van der Waals surface area contributed by atoms with Gasteiger partial charge in [0.15, 0.2) is 17.3 Å². The SMILES string of the molecule is O=C([O-])C(=C(Cc1ccccc1)C(=O)c1ccc2c(c1)OCCO2)c1ccc2nsnc2c1.[Na+]. The zero-order valence-corrected chi connectivity index (χ0v) is 21.1. The zero-order chi connectivity index (χ0) is 22.8. The number of carboxylic acid groups (broad SMARTS) is 1. The molecule has 0 fully saturated rings. The summed E-state index contributed by atoms with van der Waals surface area (Å²) in [6.07, 6.45) is 0.116. The smallest absolute Gasteiger partial charge is 0.545 e. The molecule has 0 aliphatic carbocycles. The number of carbonyl (C=O) groups excluding carboxylic acids is 2. The van der Waals surface area contributed by atoms with Crippen molar-refractivity contribution in [2.24, 2.45) is 0 Å². The molecule has 1 aromatic heterocycles. The number of carbonyl (C=O) groups is 2. The molecule has 9 heteroatoms. The second-order valence-corrected chi connectivity index (χ2v) is 7.99. The molecule has 2 heterocycles. The van der Waals surface area contributed by atoms with Gasteiger partial charge in [0, 0.05) is 23.1 Å². The van der Waals surface area contributed by atoms with Crippen molar-refractivity contribution in [2.75, 3.05) is 13.2 Å². The number of hydrogen-bond donors (Lipinski definition) is 0. The van der Waals surface area contributed by atoms with Gasteiger partial charge in [-0.1, -0.05) is 36.4 Å². The summed E-state index contributed by atoms with van der Waals surface area (Å²) < 4.78 is 19.5. The molecule has 0 radical (unpaired) electrons. The maximum Gasteiger partial charge on any atom is 1.00 e. The molecule has 3 aromatic carbocycles. The summed E-state index contributed by atoms with van der Waals surface area (Å²) in [6, 6.07) is 19.0. The van der Waals surface area contributed by atoms with E-state index in [9.17, 15) is 14.7 Å². The molecule has 4 aromatic rings. The number of allylic oxidation sites excluding steroid dienone is 1. The Kier molecular flexibility index (Phi) is 7.43. The van der Waals surface area contributed by atoms with Crippen molar-refractivity contribution in [2.45, 2.75) is 6.42 Å². The fourth-order valence-electron chi connectivity index (χ4n) is 3.79. The molecule has 0 bridgehead atoms. The average molecular weight is 480 g/mol. The molecule has 1 aliphatic heterocycles. The van der Waals surface area contributed by atoms with Crippen molar-refractivity contribution < 1.29 is 53.7 Å². The Morgan fingerprint density at radius 1 is 0.853 bits per heavy atom. The summed E-state index contributed by atoms with van der Waals surface area (Å²) >= 11 is 1.04. The molecule has 0 saturated heterocycles. The minimum atomic E-state index is -1.44. The van der Waals surface area contributed by atoms with E-state index in [1.165, 1.54) is 0 Å². The van der Waals surface area contributed by atoms with Crippen LogP contribution in [0.4, 0.5) is 0 Å². The third kappa shape index (κ3) is 4.90. The van der Waals surface area contributed by atoms with Gasteiger partial charge < -0.3 is 19.4 Å². The third-order valence-electron chi connectivity index (χ3n) is 5.35. The van der Waals surface area contributed by atoms with Crippen molar-refractivity contribution >= 4 is 40.1 Å². The van der Waals surface area contributed by atoms with Crippen LogP contribution < -0.4 is 44.1 Å². The van der Waals surface area contributed by atoms with Crippen molar-refractivity contribution in [1.82, 2.24) is 8.75 Å². The number of aromatic nitrogens is 2. The Morgan fingerprint density at radius 3 is 2.32 bits per heavy atom. The van der Waals surface area contributed by atoms with Gasteiger partial charge in [-0.3, -0.25) is 4.79 Å². The van der Waals surface area contributed by atoms with Crippen LogP contribution in [-0.4, -0.2) is 33.7 Å². The Balaban J connectivity index is 0.00000274. The Morgan fingerprint density at radius 2 is 1.56 bits per heavy atom. The number of hydrogen-bond acceptors (Lipinski definition) is 8. The molecular weight excluding hydrogens is 463 g/mol. The number of ether oxygens (including phenoxy) is 2. The first-order chi connectivity index (χ1) is 16.1. The predicted octanol–water partition coefficient (Wildman–Crippen LogP) is 0.0956. The van der Waals surface area contributed by atoms with Gasteiger partial charge in [0.2, 0.25) is 0 Å². The first-order valence-electron chi connectivity index (χ1n) is 10.3. The molecule has 0 unspecified atom stereocenters. The van der Waals surface area contributed by atoms with Crippen molar-refractivity contribution in [3.8, 4) is 11.5 Å². The van der Waals surface area contributed by atoms with Crippen LogP contribution in [0.25, 0.3) is 16.6 Å². The number of benzene rings is 3. The van der Waals surface area contributed by atoms with E-state index in [1.54, 1.807) is 36.4 Å². The minimum Gasteiger partial charge on any atom is -0.545 e. The van der Waals surface area contributed by atoms with E-state index in [2.05, 4.69) is 8.75 Å². The molecule has 0 atom stereocenters. The van der Waals surface area contributed by atoms with Gasteiger partial charge >= 0.3 is 29.6 Å². The molecule has 164 valence electrons. The van der Waals surface area contributed by atoms with Crippen LogP contribution in [0.5, 0.6) is 11.5 Å². The summed E-state index contributed by atoms with van der Waals surface area (Å²) in [5, 5.41) is 12.4. The monoisotopic (exact) mass is 480 g/mol. The molecule has 0 N–H and O–H groups in total. The maximum atomic E-state index is 13.7. The van der Waals surface area contributed by atoms with E-state index in [1.807, 2.05) is 30.3 Å². The van der Waals surface area contributed by atoms with Crippen LogP contribution in [0.1, 0.15) is 21.5 Å². The number of Topliss-reactive ketones (excluding diaryl/α,β-unsaturated/α-hetero) is 1. The number of carboxylic acids is 1. The van der Waals surface area contributed by atoms with Crippen molar-refractivity contribution in [3.63, 3.8) is 0 Å². The summed E-state index contributed by atoms with van der Waals surface area (Å²) in [5.41, 5.74) is 2.60. The predicted molar refractivity (Wildman–Crippen MR) is 121 cm³/mol. The fraction of sp³-hybridized carbons (Fsp3) is 0.120. The maximum absolute atomic E-state index is 13.7. The van der Waals surface area contributed by atoms with E-state index in [-0.39, 0.29) is 47.1 Å². The minimum absolute atomic E-state index is 0. The number of nitrogens with zero attached hydrogens (tertiary/aromatic N) is 2. The molecule has 0 spiro atoms. The first-order valence-corrected chi connectivity index (χ1v) is 11.0. The van der Waals surface area contributed by atoms with Crippen LogP contribution in [0, 0.1) is 0 Å². The summed E-state index contributed by atoms with van der Waals surface area (Å²) in [7, 11) is 0. The number of fused-ring (bicyclic) bond motifs is 2. The summed E-state index contributed by atoms with van der Waals surface area (Å²) in [4.78, 5) is 26.1. The molecule has 0 amide bonds. The van der Waals surface area contributed by atoms with Crippen LogP contribution in [-0.2, 0) is 11.2 Å². The topological polar surface area (TPSA) is 101 Å². The van der Waals surface area contributed by atoms with Crippen molar-refractivity contribution in [3.05, 3.63) is 89.0 Å². The van der Waals surface area contributed by atoms with E-state index in [4.69, 9.17) is 9.47 Å². The standard InChI is InChI=1S/C25H18N2O5S.Na/c28-24(17-7-9-21-22(14-17)32-11-10-31-21)18(12-15-4-2-1-3-5-15)23(25(29)30)16-6-8-19-20(13-16)27-33-26-19;/h1-9,13-14H,10-12H2,(H,29,30);/q;+1/p-1. The Labute approximate surface area is 221 Å². The normalized spacial score (nSPS) is 13.1. The van der Waals surface area contributed by atoms with Gasteiger partial charge in [-0.2, -0.15) is 8.75 Å². The van der Waals surface area contributed by atoms with Crippen LogP contribution >= 0.6 is 11.7 Å². The van der Waals surface area contributed by atoms with E-state index < -0.39 is 11.8 Å². The van der Waals surface area contributed by atoms with Gasteiger partial charge in [-0.15, -0.1) is 0 Å². The molecule has 34 heavy (non-hydrogen) atoms. The number of ketones is 1. The van der Waals surface area contributed by atoms with Gasteiger partial charge in [0.25, 0.3) is 0 Å². The number of aliphatic carboxylic acids is 1. The first kappa shape index (κ1) is 24.1. The van der Waals surface area contributed by atoms with Crippen molar-refractivity contribution in [1.29, 1.82) is 0 Å². The second-order valence-electron chi connectivity index (χ2n) is 7.46. The van der Waals surface area contributed by atoms with Gasteiger partial charge in [-0.25, -0.2) is 0 Å². The van der Waals surface area contributed by atoms with Crippen LogP contribution in [0.3, 0.4) is 0 Å². The third-order valence-corrected chi connectivity index (χ3v) is 5.91. The van der Waals surface area contributed by atoms with E-state index in [0.29, 0.717) is 46.9 Å². The molecule has 0 saturated carbocycles. The molecule has 1 aliphatic rings. The summed E-state index contributed by atoms with van der Waals surface area (Å²) in [5.74, 6) is -0.856. The molecular formula is C25H17N2NaO5S. The zero-order valence-electron chi connectivity index (χ0n) is 18.3. The molecule has 5 rings (SSSR count). The van der Waals surface area contributed by atoms with Gasteiger partial charge in [-0.05, 0) is 41.5 Å². The largest absolute Gasteiger partial charge is 1.00 e.